The first-order chi connectivity index (χ1) is 7.15. The standard InChI is InChI=1S/C11H18N2O2/c1-13-6-5-10(14)11(15)8-3-2-4-9(12)7-8/h2-4,7,10-11,13-15H,5-6,12H2,1H3. The van der Waals surface area contributed by atoms with E-state index in [2.05, 4.69) is 5.32 Å². The van der Waals surface area contributed by atoms with Crippen LogP contribution in [0.5, 0.6) is 0 Å². The van der Waals surface area contributed by atoms with Gasteiger partial charge in [-0.25, -0.2) is 0 Å². The minimum Gasteiger partial charge on any atom is -0.399 e. The molecule has 1 rings (SSSR count). The van der Waals surface area contributed by atoms with Crippen LogP contribution in [0.3, 0.4) is 0 Å². The second-order valence-electron chi connectivity index (χ2n) is 3.57. The van der Waals surface area contributed by atoms with Gasteiger partial charge in [0.1, 0.15) is 6.10 Å². The summed E-state index contributed by atoms with van der Waals surface area (Å²) < 4.78 is 0. The largest absolute Gasteiger partial charge is 0.399 e. The van der Waals surface area contributed by atoms with Crippen molar-refractivity contribution in [3.63, 3.8) is 0 Å². The van der Waals surface area contributed by atoms with Crippen LogP contribution < -0.4 is 11.1 Å². The van der Waals surface area contributed by atoms with Crippen molar-refractivity contribution in [2.75, 3.05) is 19.3 Å². The van der Waals surface area contributed by atoms with E-state index in [0.29, 0.717) is 24.2 Å². The molecule has 0 aromatic heterocycles. The second kappa shape index (κ2) is 5.70. The first kappa shape index (κ1) is 12.0. The highest BCUT2D eigenvalue weighted by Crippen LogP contribution is 2.20. The van der Waals surface area contributed by atoms with E-state index in [4.69, 9.17) is 5.73 Å². The van der Waals surface area contributed by atoms with Gasteiger partial charge in [0.25, 0.3) is 0 Å². The number of nitrogen functional groups attached to an aromatic ring is 1. The van der Waals surface area contributed by atoms with Gasteiger partial charge in [-0.15, -0.1) is 0 Å². The molecule has 0 saturated carbocycles. The first-order valence-corrected chi connectivity index (χ1v) is 5.01. The number of anilines is 1. The monoisotopic (exact) mass is 210 g/mol. The number of nitrogens with one attached hydrogen (secondary N) is 1. The zero-order valence-corrected chi connectivity index (χ0v) is 8.85. The molecule has 84 valence electrons. The Hall–Kier alpha value is -1.10. The van der Waals surface area contributed by atoms with Gasteiger partial charge in [-0.05, 0) is 37.7 Å². The third-order valence-corrected chi connectivity index (χ3v) is 2.31. The highest BCUT2D eigenvalue weighted by atomic mass is 16.3. The maximum atomic E-state index is 9.81. The SMILES string of the molecule is CNCCC(O)C(O)c1cccc(N)c1. The molecule has 0 amide bonds. The van der Waals surface area contributed by atoms with Crippen molar-refractivity contribution in [2.24, 2.45) is 0 Å². The fourth-order valence-electron chi connectivity index (χ4n) is 1.42. The fourth-order valence-corrected chi connectivity index (χ4v) is 1.42. The Morgan fingerprint density at radius 2 is 2.13 bits per heavy atom. The zero-order valence-electron chi connectivity index (χ0n) is 8.85. The summed E-state index contributed by atoms with van der Waals surface area (Å²) in [6.45, 7) is 0.667. The lowest BCUT2D eigenvalue weighted by molar-refractivity contribution is 0.0141. The lowest BCUT2D eigenvalue weighted by Gasteiger charge is -2.18. The normalized spacial score (nSPS) is 14.9. The predicted octanol–water partition coefficient (Wildman–Crippen LogP) is 0.273. The van der Waals surface area contributed by atoms with Crippen LogP contribution in [0.2, 0.25) is 0 Å². The minimum absolute atomic E-state index is 0.506. The Morgan fingerprint density at radius 1 is 1.40 bits per heavy atom. The van der Waals surface area contributed by atoms with E-state index in [-0.39, 0.29) is 0 Å². The van der Waals surface area contributed by atoms with Crippen molar-refractivity contribution in [1.29, 1.82) is 0 Å². The van der Waals surface area contributed by atoms with Gasteiger partial charge in [0.05, 0.1) is 6.10 Å². The Bertz CT molecular complexity index is 304. The Labute approximate surface area is 89.7 Å². The van der Waals surface area contributed by atoms with Crippen molar-refractivity contribution in [3.05, 3.63) is 29.8 Å². The van der Waals surface area contributed by atoms with Crippen molar-refractivity contribution >= 4 is 5.69 Å². The summed E-state index contributed by atoms with van der Waals surface area (Å²) in [4.78, 5) is 0. The third-order valence-electron chi connectivity index (χ3n) is 2.31. The van der Waals surface area contributed by atoms with Crippen molar-refractivity contribution < 1.29 is 10.2 Å². The van der Waals surface area contributed by atoms with E-state index in [1.807, 2.05) is 0 Å². The van der Waals surface area contributed by atoms with Gasteiger partial charge in [0.15, 0.2) is 0 Å². The maximum Gasteiger partial charge on any atom is 0.105 e. The molecule has 4 nitrogen and oxygen atoms in total. The van der Waals surface area contributed by atoms with E-state index in [1.54, 1.807) is 31.3 Å². The molecule has 2 unspecified atom stereocenters. The number of hydrogen-bond donors (Lipinski definition) is 4. The average Bonchev–Trinajstić information content (AvgIpc) is 2.24. The second-order valence-corrected chi connectivity index (χ2v) is 3.57. The molecule has 0 heterocycles. The van der Waals surface area contributed by atoms with Gasteiger partial charge < -0.3 is 21.3 Å². The summed E-state index contributed by atoms with van der Waals surface area (Å²) in [5, 5.41) is 22.4. The Balaban J connectivity index is 2.62. The number of rotatable bonds is 5. The summed E-state index contributed by atoms with van der Waals surface area (Å²) in [7, 11) is 1.81. The molecule has 1 aromatic carbocycles. The lowest BCUT2D eigenvalue weighted by atomic mass is 10.0. The topological polar surface area (TPSA) is 78.5 Å². The Morgan fingerprint density at radius 3 is 2.73 bits per heavy atom. The molecule has 0 fully saturated rings. The molecule has 0 saturated heterocycles. The summed E-state index contributed by atoms with van der Waals surface area (Å²) in [5.74, 6) is 0. The van der Waals surface area contributed by atoms with Crippen LogP contribution in [0.4, 0.5) is 5.69 Å². The molecular weight excluding hydrogens is 192 g/mol. The summed E-state index contributed by atoms with van der Waals surface area (Å²) in [5.41, 5.74) is 6.83. The third kappa shape index (κ3) is 3.51. The molecule has 0 aliphatic rings. The highest BCUT2D eigenvalue weighted by Gasteiger charge is 2.17. The van der Waals surface area contributed by atoms with Gasteiger partial charge in [-0.1, -0.05) is 12.1 Å². The molecule has 1 aromatic rings. The molecule has 0 aliphatic heterocycles. The van der Waals surface area contributed by atoms with Gasteiger partial charge in [0, 0.05) is 5.69 Å². The van der Waals surface area contributed by atoms with Crippen LogP contribution in [0.15, 0.2) is 24.3 Å². The molecule has 15 heavy (non-hydrogen) atoms. The molecule has 2 atom stereocenters. The summed E-state index contributed by atoms with van der Waals surface area (Å²) in [6.07, 6.45) is -1.13. The number of benzene rings is 1. The average molecular weight is 210 g/mol. The smallest absolute Gasteiger partial charge is 0.105 e. The molecule has 5 N–H and O–H groups in total. The Kier molecular flexibility index (Phi) is 4.55. The number of hydrogen-bond acceptors (Lipinski definition) is 4. The van der Waals surface area contributed by atoms with Crippen LogP contribution in [0.1, 0.15) is 18.1 Å². The van der Waals surface area contributed by atoms with E-state index in [9.17, 15) is 10.2 Å². The highest BCUT2D eigenvalue weighted by molar-refractivity contribution is 5.41. The van der Waals surface area contributed by atoms with E-state index >= 15 is 0 Å². The summed E-state index contributed by atoms with van der Waals surface area (Å²) in [6, 6.07) is 6.94. The molecular formula is C11H18N2O2. The molecule has 0 bridgehead atoms. The van der Waals surface area contributed by atoms with Gasteiger partial charge in [0.2, 0.25) is 0 Å². The van der Waals surface area contributed by atoms with Crippen molar-refractivity contribution in [2.45, 2.75) is 18.6 Å². The number of aliphatic hydroxyl groups is 2. The maximum absolute atomic E-state index is 9.81. The molecule has 0 radical (unpaired) electrons. The van der Waals surface area contributed by atoms with E-state index in [1.165, 1.54) is 0 Å². The molecule has 4 heteroatoms. The quantitative estimate of drug-likeness (QED) is 0.526. The van der Waals surface area contributed by atoms with Gasteiger partial charge in [-0.3, -0.25) is 0 Å². The molecule has 0 spiro atoms. The van der Waals surface area contributed by atoms with Crippen molar-refractivity contribution in [3.8, 4) is 0 Å². The van der Waals surface area contributed by atoms with Gasteiger partial charge in [-0.2, -0.15) is 0 Å². The van der Waals surface area contributed by atoms with Crippen LogP contribution in [-0.4, -0.2) is 29.9 Å². The first-order valence-electron chi connectivity index (χ1n) is 5.01. The number of nitrogens with two attached hydrogens (primary N) is 1. The van der Waals surface area contributed by atoms with E-state index < -0.39 is 12.2 Å². The van der Waals surface area contributed by atoms with E-state index in [0.717, 1.165) is 0 Å². The van der Waals surface area contributed by atoms with Crippen LogP contribution in [-0.2, 0) is 0 Å². The van der Waals surface area contributed by atoms with Crippen molar-refractivity contribution in [1.82, 2.24) is 5.32 Å². The fraction of sp³-hybridized carbons (Fsp3) is 0.455. The van der Waals surface area contributed by atoms with Crippen LogP contribution in [0.25, 0.3) is 0 Å². The zero-order chi connectivity index (χ0) is 11.3. The lowest BCUT2D eigenvalue weighted by Crippen LogP contribution is -2.23. The molecule has 0 aliphatic carbocycles. The van der Waals surface area contributed by atoms with Crippen LogP contribution >= 0.6 is 0 Å². The minimum atomic E-state index is -0.873. The predicted molar refractivity (Wildman–Crippen MR) is 60.4 cm³/mol. The van der Waals surface area contributed by atoms with Gasteiger partial charge >= 0.3 is 0 Å². The van der Waals surface area contributed by atoms with Crippen LogP contribution in [0, 0.1) is 0 Å². The summed E-state index contributed by atoms with van der Waals surface area (Å²) >= 11 is 0. The number of aliphatic hydroxyl groups excluding tert-OH is 2.